The lowest BCUT2D eigenvalue weighted by Gasteiger charge is -2.39. The van der Waals surface area contributed by atoms with E-state index in [4.69, 9.17) is 23.2 Å². The number of anilines is 1. The Morgan fingerprint density at radius 2 is 1.58 bits per heavy atom. The van der Waals surface area contributed by atoms with Gasteiger partial charge in [-0.3, -0.25) is 14.4 Å². The number of amides is 2. The summed E-state index contributed by atoms with van der Waals surface area (Å²) in [5.74, 6) is -3.83. The van der Waals surface area contributed by atoms with E-state index in [0.29, 0.717) is 24.1 Å². The van der Waals surface area contributed by atoms with Crippen LogP contribution in [0.15, 0.2) is 42.5 Å². The van der Waals surface area contributed by atoms with Crippen LogP contribution in [0, 0.1) is 16.7 Å². The van der Waals surface area contributed by atoms with Crippen LogP contribution in [0.1, 0.15) is 49.5 Å². The van der Waals surface area contributed by atoms with Crippen LogP contribution >= 0.6 is 23.2 Å². The van der Waals surface area contributed by atoms with Gasteiger partial charge in [-0.1, -0.05) is 62.2 Å². The summed E-state index contributed by atoms with van der Waals surface area (Å²) >= 11 is 12.2. The van der Waals surface area contributed by atoms with E-state index in [1.165, 1.54) is 0 Å². The molecule has 0 radical (unpaired) electrons. The van der Waals surface area contributed by atoms with Crippen LogP contribution in [0.2, 0.25) is 10.0 Å². The fourth-order valence-electron chi connectivity index (χ4n) is 4.72. The van der Waals surface area contributed by atoms with Gasteiger partial charge in [-0.15, -0.1) is 0 Å². The monoisotopic (exact) mass is 534 g/mol. The first-order chi connectivity index (χ1) is 16.8. The zero-order valence-electron chi connectivity index (χ0n) is 20.1. The van der Waals surface area contributed by atoms with Gasteiger partial charge < -0.3 is 20.8 Å². The van der Waals surface area contributed by atoms with Crippen molar-refractivity contribution in [1.29, 1.82) is 0 Å². The van der Waals surface area contributed by atoms with E-state index in [1.54, 1.807) is 63.2 Å². The van der Waals surface area contributed by atoms with E-state index in [0.717, 1.165) is 0 Å². The number of rotatable bonds is 8. The molecule has 1 fully saturated rings. The molecule has 1 aliphatic carbocycles. The van der Waals surface area contributed by atoms with Crippen molar-refractivity contribution in [3.8, 4) is 0 Å². The van der Waals surface area contributed by atoms with Crippen molar-refractivity contribution in [1.82, 2.24) is 5.32 Å². The number of carboxylic acids is 2. The van der Waals surface area contributed by atoms with E-state index in [1.807, 2.05) is 0 Å². The van der Waals surface area contributed by atoms with E-state index in [2.05, 4.69) is 10.6 Å². The Bertz CT molecular complexity index is 1180. The number of halogens is 2. The highest BCUT2D eigenvalue weighted by atomic mass is 35.5. The SMILES string of the molecule is CC1(C)[C@@H](C(=O)O)CC[C@@]1(C)C(=O)N[C@@H](Cc1ccc(NC(=O)c2c(Cl)cccc2Cl)cc1)C(=O)O. The number of benzene rings is 2. The Morgan fingerprint density at radius 1 is 1.00 bits per heavy atom. The average Bonchev–Trinajstić information content (AvgIpc) is 3.04. The lowest BCUT2D eigenvalue weighted by atomic mass is 9.65. The van der Waals surface area contributed by atoms with Crippen molar-refractivity contribution < 1.29 is 29.4 Å². The zero-order valence-corrected chi connectivity index (χ0v) is 21.6. The third-order valence-electron chi connectivity index (χ3n) is 7.47. The molecule has 36 heavy (non-hydrogen) atoms. The van der Waals surface area contributed by atoms with Crippen LogP contribution < -0.4 is 10.6 Å². The van der Waals surface area contributed by atoms with Crippen molar-refractivity contribution in [2.45, 2.75) is 46.1 Å². The molecule has 0 aromatic heterocycles. The molecular weight excluding hydrogens is 507 g/mol. The molecule has 2 amide bonds. The third-order valence-corrected chi connectivity index (χ3v) is 8.10. The summed E-state index contributed by atoms with van der Waals surface area (Å²) in [6, 6.07) is 10.0. The van der Waals surface area contributed by atoms with Crippen LogP contribution in [-0.4, -0.2) is 40.0 Å². The van der Waals surface area contributed by atoms with Crippen molar-refractivity contribution in [2.75, 3.05) is 5.32 Å². The highest BCUT2D eigenvalue weighted by molar-refractivity contribution is 6.40. The Labute approximate surface area is 219 Å². The van der Waals surface area contributed by atoms with Crippen LogP contribution in [-0.2, 0) is 20.8 Å². The molecule has 1 saturated carbocycles. The second-order valence-electron chi connectivity index (χ2n) is 9.80. The first-order valence-corrected chi connectivity index (χ1v) is 12.1. The molecule has 2 aromatic rings. The predicted molar refractivity (Wildman–Crippen MR) is 136 cm³/mol. The first kappa shape index (κ1) is 27.5. The predicted octanol–water partition coefficient (Wildman–Crippen LogP) is 4.88. The summed E-state index contributed by atoms with van der Waals surface area (Å²) in [7, 11) is 0. The quantitative estimate of drug-likeness (QED) is 0.381. The molecule has 0 saturated heterocycles. The maximum absolute atomic E-state index is 13.2. The molecule has 0 spiro atoms. The summed E-state index contributed by atoms with van der Waals surface area (Å²) in [6.45, 7) is 5.15. The highest BCUT2D eigenvalue weighted by Crippen LogP contribution is 2.56. The van der Waals surface area contributed by atoms with E-state index < -0.39 is 46.5 Å². The standard InChI is InChI=1S/C26H28Cl2N2O6/c1-25(2)16(22(32)33)11-12-26(25,3)24(36)30-19(23(34)35)13-14-7-9-15(10-8-14)29-21(31)20-17(27)5-4-6-18(20)28/h4-10,16,19H,11-13H2,1-3H3,(H,29,31)(H,30,36)(H,32,33)(H,34,35)/t16-,19+,26+/m1/s1. The molecule has 192 valence electrons. The van der Waals surface area contributed by atoms with Gasteiger partial charge in [0, 0.05) is 12.1 Å². The van der Waals surface area contributed by atoms with E-state index in [-0.39, 0.29) is 22.0 Å². The van der Waals surface area contributed by atoms with Crippen molar-refractivity contribution in [3.05, 3.63) is 63.6 Å². The minimum absolute atomic E-state index is 0.00447. The molecule has 3 atom stereocenters. The normalized spacial score (nSPS) is 21.4. The van der Waals surface area contributed by atoms with Gasteiger partial charge >= 0.3 is 11.9 Å². The van der Waals surface area contributed by atoms with Crippen LogP contribution in [0.4, 0.5) is 5.69 Å². The van der Waals surface area contributed by atoms with Crippen molar-refractivity contribution in [3.63, 3.8) is 0 Å². The Morgan fingerprint density at radius 3 is 2.08 bits per heavy atom. The Balaban J connectivity index is 1.70. The van der Waals surface area contributed by atoms with Gasteiger partial charge in [0.1, 0.15) is 6.04 Å². The van der Waals surface area contributed by atoms with Crippen LogP contribution in [0.25, 0.3) is 0 Å². The summed E-state index contributed by atoms with van der Waals surface area (Å²) in [4.78, 5) is 49.3. The van der Waals surface area contributed by atoms with Gasteiger partial charge in [-0.2, -0.15) is 0 Å². The summed E-state index contributed by atoms with van der Waals surface area (Å²) in [5.41, 5.74) is -0.660. The molecule has 10 heteroatoms. The fourth-order valence-corrected chi connectivity index (χ4v) is 5.29. The van der Waals surface area contributed by atoms with Gasteiger partial charge in [0.15, 0.2) is 0 Å². The maximum atomic E-state index is 13.2. The second-order valence-corrected chi connectivity index (χ2v) is 10.6. The van der Waals surface area contributed by atoms with Crippen LogP contribution in [0.3, 0.4) is 0 Å². The first-order valence-electron chi connectivity index (χ1n) is 11.4. The van der Waals surface area contributed by atoms with Crippen molar-refractivity contribution >= 4 is 52.6 Å². The molecule has 0 heterocycles. The molecule has 0 aliphatic heterocycles. The maximum Gasteiger partial charge on any atom is 0.326 e. The molecule has 8 nitrogen and oxygen atoms in total. The van der Waals surface area contributed by atoms with E-state index >= 15 is 0 Å². The summed E-state index contributed by atoms with van der Waals surface area (Å²) in [6.07, 6.45) is 0.695. The number of aliphatic carboxylic acids is 2. The number of carbonyl (C=O) groups is 4. The number of carbonyl (C=O) groups excluding carboxylic acids is 2. The fraction of sp³-hybridized carbons (Fsp3) is 0.385. The minimum atomic E-state index is -1.21. The highest BCUT2D eigenvalue weighted by Gasteiger charge is 2.58. The van der Waals surface area contributed by atoms with Gasteiger partial charge in [0.2, 0.25) is 5.91 Å². The minimum Gasteiger partial charge on any atom is -0.481 e. The number of carboxylic acid groups (broad SMARTS) is 2. The topological polar surface area (TPSA) is 133 Å². The molecule has 2 aromatic carbocycles. The van der Waals surface area contributed by atoms with Gasteiger partial charge in [0.05, 0.1) is 26.9 Å². The summed E-state index contributed by atoms with van der Waals surface area (Å²) < 4.78 is 0. The second kappa shape index (κ2) is 10.5. The Kier molecular flexibility index (Phi) is 8.00. The zero-order chi connectivity index (χ0) is 26.8. The van der Waals surface area contributed by atoms with E-state index in [9.17, 15) is 29.4 Å². The van der Waals surface area contributed by atoms with Gasteiger partial charge in [-0.05, 0) is 48.1 Å². The summed E-state index contributed by atoms with van der Waals surface area (Å²) in [5, 5.41) is 25.0. The van der Waals surface area contributed by atoms with Crippen molar-refractivity contribution in [2.24, 2.45) is 16.7 Å². The van der Waals surface area contributed by atoms with Gasteiger partial charge in [0.25, 0.3) is 5.91 Å². The third kappa shape index (κ3) is 5.34. The molecule has 1 aliphatic rings. The molecule has 0 bridgehead atoms. The average molecular weight is 535 g/mol. The number of hydrogen-bond acceptors (Lipinski definition) is 4. The smallest absolute Gasteiger partial charge is 0.326 e. The Hall–Kier alpha value is -3.10. The number of hydrogen-bond donors (Lipinski definition) is 4. The molecule has 3 rings (SSSR count). The lowest BCUT2D eigenvalue weighted by Crippen LogP contribution is -2.53. The molecule has 0 unspecified atom stereocenters. The number of nitrogens with one attached hydrogen (secondary N) is 2. The van der Waals surface area contributed by atoms with Crippen LogP contribution in [0.5, 0.6) is 0 Å². The molecular formula is C26H28Cl2N2O6. The lowest BCUT2D eigenvalue weighted by molar-refractivity contribution is -0.151. The molecule has 4 N–H and O–H groups in total. The van der Waals surface area contributed by atoms with Gasteiger partial charge in [-0.25, -0.2) is 4.79 Å². The largest absolute Gasteiger partial charge is 0.481 e.